The number of anilines is 1. The topological polar surface area (TPSA) is 97.0 Å². The zero-order valence-corrected chi connectivity index (χ0v) is 22.7. The molecule has 1 aliphatic rings. The fourth-order valence-corrected chi connectivity index (χ4v) is 6.17. The highest BCUT2D eigenvalue weighted by atomic mass is 32.2. The van der Waals surface area contributed by atoms with Gasteiger partial charge in [0.05, 0.1) is 22.5 Å². The summed E-state index contributed by atoms with van der Waals surface area (Å²) in [4.78, 5) is 3.80. The molecule has 2 aromatic carbocycles. The number of alkyl halides is 3. The van der Waals surface area contributed by atoms with Gasteiger partial charge in [-0.25, -0.2) is 13.4 Å². The third kappa shape index (κ3) is 5.23. The SMILES string of the molecule is CCCS(=O)(=O)Nc1ccc(-c2c(C#N)c3ccc(Oc4ncccc4C(F)(F)F)cc3n2C2CCC2)c(C)c1. The van der Waals surface area contributed by atoms with Crippen molar-refractivity contribution in [3.8, 4) is 29.0 Å². The summed E-state index contributed by atoms with van der Waals surface area (Å²) in [6.45, 7) is 3.64. The maximum atomic E-state index is 13.5. The third-order valence-corrected chi connectivity index (χ3v) is 8.54. The summed E-state index contributed by atoms with van der Waals surface area (Å²) in [5.41, 5.74) is 2.80. The number of fused-ring (bicyclic) bond motifs is 1. The first kappa shape index (κ1) is 27.5. The van der Waals surface area contributed by atoms with E-state index < -0.39 is 27.6 Å². The van der Waals surface area contributed by atoms with Gasteiger partial charge in [0, 0.05) is 34.9 Å². The number of aryl methyl sites for hydroxylation is 1. The molecule has 0 atom stereocenters. The molecule has 4 aromatic rings. The van der Waals surface area contributed by atoms with Crippen molar-refractivity contribution < 1.29 is 26.3 Å². The van der Waals surface area contributed by atoms with Crippen molar-refractivity contribution in [2.24, 2.45) is 0 Å². The van der Waals surface area contributed by atoms with Crippen molar-refractivity contribution in [1.82, 2.24) is 9.55 Å². The van der Waals surface area contributed by atoms with Crippen molar-refractivity contribution in [3.05, 3.63) is 71.4 Å². The molecule has 0 spiro atoms. The van der Waals surface area contributed by atoms with Crippen molar-refractivity contribution in [2.45, 2.75) is 51.7 Å². The second kappa shape index (κ2) is 10.5. The van der Waals surface area contributed by atoms with E-state index in [1.807, 2.05) is 6.92 Å². The van der Waals surface area contributed by atoms with Crippen molar-refractivity contribution in [2.75, 3.05) is 10.5 Å². The maximum Gasteiger partial charge on any atom is 0.421 e. The van der Waals surface area contributed by atoms with E-state index in [4.69, 9.17) is 4.74 Å². The minimum Gasteiger partial charge on any atom is -0.438 e. The molecular formula is C29H27F3N4O3S. The van der Waals surface area contributed by atoms with Crippen LogP contribution in [0.1, 0.15) is 55.3 Å². The Balaban J connectivity index is 1.62. The van der Waals surface area contributed by atoms with Gasteiger partial charge in [-0.05, 0) is 74.6 Å². The Morgan fingerprint density at radius 2 is 1.95 bits per heavy atom. The molecule has 11 heteroatoms. The van der Waals surface area contributed by atoms with Crippen LogP contribution in [0, 0.1) is 18.3 Å². The predicted octanol–water partition coefficient (Wildman–Crippen LogP) is 7.57. The Kier molecular flexibility index (Phi) is 7.23. The molecule has 7 nitrogen and oxygen atoms in total. The summed E-state index contributed by atoms with van der Waals surface area (Å²) in [5.74, 6) is -0.368. The van der Waals surface area contributed by atoms with Gasteiger partial charge in [-0.2, -0.15) is 18.4 Å². The van der Waals surface area contributed by atoms with E-state index in [0.29, 0.717) is 34.3 Å². The van der Waals surface area contributed by atoms with Crippen molar-refractivity contribution in [1.29, 1.82) is 5.26 Å². The highest BCUT2D eigenvalue weighted by molar-refractivity contribution is 7.92. The quantitative estimate of drug-likeness (QED) is 0.236. The largest absolute Gasteiger partial charge is 0.438 e. The fraction of sp³-hybridized carbons (Fsp3) is 0.310. The molecule has 5 rings (SSSR count). The van der Waals surface area contributed by atoms with Crippen LogP contribution in [0.15, 0.2) is 54.7 Å². The van der Waals surface area contributed by atoms with E-state index in [0.717, 1.165) is 36.5 Å². The summed E-state index contributed by atoms with van der Waals surface area (Å²) in [6, 6.07) is 14.6. The summed E-state index contributed by atoms with van der Waals surface area (Å²) < 4.78 is 75.4. The number of nitrogens with one attached hydrogen (secondary N) is 1. The molecule has 0 saturated heterocycles. The normalized spacial score (nSPS) is 14.1. The summed E-state index contributed by atoms with van der Waals surface area (Å²) in [7, 11) is -3.47. The van der Waals surface area contributed by atoms with Crippen LogP contribution in [0.5, 0.6) is 11.6 Å². The number of rotatable bonds is 8. The monoisotopic (exact) mass is 568 g/mol. The zero-order chi connectivity index (χ0) is 28.7. The van der Waals surface area contributed by atoms with Crippen LogP contribution in [-0.4, -0.2) is 23.7 Å². The summed E-state index contributed by atoms with van der Waals surface area (Å²) in [5, 5.41) is 10.9. The number of benzene rings is 2. The Labute approximate surface area is 230 Å². The van der Waals surface area contributed by atoms with Crippen LogP contribution in [-0.2, 0) is 16.2 Å². The standard InChI is InChI=1S/C29H27F3N4O3S/c1-3-14-40(37,38)35-19-9-11-22(18(2)15-19)27-24(17-33)23-12-10-21(16-26(23)36(27)20-6-4-7-20)39-28-25(29(30,31)32)8-5-13-34-28/h5,8-13,15-16,20,35H,3-4,6-7,14H2,1-2H3. The molecule has 0 unspecified atom stereocenters. The molecule has 1 saturated carbocycles. The molecule has 0 radical (unpaired) electrons. The van der Waals surface area contributed by atoms with Crippen LogP contribution >= 0.6 is 0 Å². The van der Waals surface area contributed by atoms with Gasteiger partial charge in [-0.1, -0.05) is 13.0 Å². The second-order valence-corrected chi connectivity index (χ2v) is 11.7. The number of ether oxygens (including phenoxy) is 1. The van der Waals surface area contributed by atoms with Gasteiger partial charge in [-0.15, -0.1) is 0 Å². The molecule has 0 bridgehead atoms. The molecule has 1 fully saturated rings. The van der Waals surface area contributed by atoms with Crippen LogP contribution in [0.3, 0.4) is 0 Å². The number of nitriles is 1. The van der Waals surface area contributed by atoms with Gasteiger partial charge in [-0.3, -0.25) is 4.72 Å². The van der Waals surface area contributed by atoms with Gasteiger partial charge < -0.3 is 9.30 Å². The summed E-state index contributed by atoms with van der Waals surface area (Å²) in [6.07, 6.45) is -0.112. The van der Waals surface area contributed by atoms with E-state index in [9.17, 15) is 26.9 Å². The molecule has 1 aliphatic carbocycles. The molecule has 2 aromatic heterocycles. The Hall–Kier alpha value is -4.04. The Bertz CT molecular complexity index is 1740. The van der Waals surface area contributed by atoms with Gasteiger partial charge in [0.1, 0.15) is 17.4 Å². The number of hydrogen-bond acceptors (Lipinski definition) is 5. The van der Waals surface area contributed by atoms with E-state index in [2.05, 4.69) is 20.3 Å². The first-order valence-electron chi connectivity index (χ1n) is 12.9. The molecule has 0 aliphatic heterocycles. The molecule has 208 valence electrons. The molecule has 1 N–H and O–H groups in total. The lowest BCUT2D eigenvalue weighted by Crippen LogP contribution is -2.18. The van der Waals surface area contributed by atoms with Crippen LogP contribution < -0.4 is 9.46 Å². The number of nitrogens with zero attached hydrogens (tertiary/aromatic N) is 3. The number of hydrogen-bond donors (Lipinski definition) is 1. The van der Waals surface area contributed by atoms with E-state index in [1.54, 1.807) is 37.3 Å². The van der Waals surface area contributed by atoms with Gasteiger partial charge in [0.2, 0.25) is 15.9 Å². The first-order chi connectivity index (χ1) is 19.0. The second-order valence-electron chi connectivity index (χ2n) is 9.88. The fourth-order valence-electron chi connectivity index (χ4n) is 5.05. The van der Waals surface area contributed by atoms with Gasteiger partial charge in [0.25, 0.3) is 0 Å². The lowest BCUT2D eigenvalue weighted by molar-refractivity contribution is -0.138. The Morgan fingerprint density at radius 1 is 1.18 bits per heavy atom. The first-order valence-corrected chi connectivity index (χ1v) is 14.6. The zero-order valence-electron chi connectivity index (χ0n) is 21.9. The van der Waals surface area contributed by atoms with Gasteiger partial charge in [0.15, 0.2) is 0 Å². The predicted molar refractivity (Wildman–Crippen MR) is 147 cm³/mol. The highest BCUT2D eigenvalue weighted by Gasteiger charge is 2.35. The van der Waals surface area contributed by atoms with E-state index in [1.165, 1.54) is 18.3 Å². The van der Waals surface area contributed by atoms with Gasteiger partial charge >= 0.3 is 6.18 Å². The molecule has 2 heterocycles. The van der Waals surface area contributed by atoms with Crippen LogP contribution in [0.25, 0.3) is 22.2 Å². The van der Waals surface area contributed by atoms with Crippen molar-refractivity contribution >= 4 is 26.6 Å². The van der Waals surface area contributed by atoms with E-state index >= 15 is 0 Å². The number of aromatic nitrogens is 2. The number of sulfonamides is 1. The van der Waals surface area contributed by atoms with Crippen LogP contribution in [0.4, 0.5) is 18.9 Å². The van der Waals surface area contributed by atoms with Crippen LogP contribution in [0.2, 0.25) is 0 Å². The number of halogens is 3. The van der Waals surface area contributed by atoms with E-state index in [-0.39, 0.29) is 17.5 Å². The average Bonchev–Trinajstić information content (AvgIpc) is 3.15. The smallest absolute Gasteiger partial charge is 0.421 e. The number of pyridine rings is 1. The minimum atomic E-state index is -4.63. The molecular weight excluding hydrogens is 541 g/mol. The lowest BCUT2D eigenvalue weighted by Gasteiger charge is -2.30. The average molecular weight is 569 g/mol. The molecule has 0 amide bonds. The van der Waals surface area contributed by atoms with Crippen molar-refractivity contribution in [3.63, 3.8) is 0 Å². The summed E-state index contributed by atoms with van der Waals surface area (Å²) >= 11 is 0. The minimum absolute atomic E-state index is 0.00959. The maximum absolute atomic E-state index is 13.5. The Morgan fingerprint density at radius 3 is 2.58 bits per heavy atom. The lowest BCUT2D eigenvalue weighted by atomic mass is 9.91. The third-order valence-electron chi connectivity index (χ3n) is 7.05. The molecule has 40 heavy (non-hydrogen) atoms. The highest BCUT2D eigenvalue weighted by Crippen LogP contribution is 2.45.